The van der Waals surface area contributed by atoms with Crippen molar-refractivity contribution < 1.29 is 4.79 Å². The molecule has 56 valence electrons. The number of carbonyl (C=O) groups is 1. The van der Waals surface area contributed by atoms with Gasteiger partial charge in [0.2, 0.25) is 0 Å². The largest absolute Gasteiger partial charge is 0.284 e. The topological polar surface area (TPSA) is 17.1 Å². The van der Waals surface area contributed by atoms with Gasteiger partial charge in [-0.05, 0) is 19.3 Å². The van der Waals surface area contributed by atoms with E-state index in [0.29, 0.717) is 0 Å². The zero-order valence-electron chi connectivity index (χ0n) is 6.42. The molecular weight excluding hydrogens is 136 g/mol. The summed E-state index contributed by atoms with van der Waals surface area (Å²) in [6.45, 7) is 0. The number of hydrogen-bond donors (Lipinski definition) is 0. The second kappa shape index (κ2) is 2.57. The van der Waals surface area contributed by atoms with E-state index in [0.717, 1.165) is 5.92 Å². The second-order valence-corrected chi connectivity index (χ2v) is 3.20. The Morgan fingerprint density at radius 1 is 1.36 bits per heavy atom. The van der Waals surface area contributed by atoms with E-state index in [1.165, 1.54) is 24.8 Å². The predicted octanol–water partition coefficient (Wildman–Crippen LogP) is 2.06. The van der Waals surface area contributed by atoms with Crippen LogP contribution in [0, 0.1) is 12.3 Å². The Kier molecular flexibility index (Phi) is 1.57. The maximum absolute atomic E-state index is 10.8. The zero-order valence-corrected chi connectivity index (χ0v) is 6.42. The molecule has 0 radical (unpaired) electrons. The van der Waals surface area contributed by atoms with Gasteiger partial charge in [0, 0.05) is 5.92 Å². The lowest BCUT2D eigenvalue weighted by Crippen LogP contribution is -2.14. The van der Waals surface area contributed by atoms with Crippen molar-refractivity contribution in [3.05, 3.63) is 30.2 Å². The van der Waals surface area contributed by atoms with Crippen molar-refractivity contribution in [2.75, 3.05) is 0 Å². The first-order valence-electron chi connectivity index (χ1n) is 4.13. The summed E-state index contributed by atoms with van der Waals surface area (Å²) in [5.74, 6) is 0.865. The molecular formula is C10H11O+. The number of allylic oxidation sites excluding steroid dienone is 4. The predicted molar refractivity (Wildman–Crippen MR) is 43.9 cm³/mol. The molecule has 0 spiro atoms. The van der Waals surface area contributed by atoms with Gasteiger partial charge in [-0.2, -0.15) is 0 Å². The summed E-state index contributed by atoms with van der Waals surface area (Å²) >= 11 is 0. The zero-order chi connectivity index (χ0) is 7.68. The molecule has 0 aliphatic heterocycles. The quantitative estimate of drug-likeness (QED) is 0.519. The highest BCUT2D eigenvalue weighted by Gasteiger charge is 2.26. The lowest BCUT2D eigenvalue weighted by Gasteiger charge is -2.23. The van der Waals surface area contributed by atoms with Crippen molar-refractivity contribution in [2.24, 2.45) is 5.92 Å². The number of hydrogen-bond acceptors (Lipinski definition) is 1. The van der Waals surface area contributed by atoms with Crippen LogP contribution in [0.1, 0.15) is 19.3 Å². The van der Waals surface area contributed by atoms with Gasteiger partial charge >= 0.3 is 0 Å². The molecule has 11 heavy (non-hydrogen) atoms. The fraction of sp³-hybridized carbons (Fsp3) is 0.400. The van der Waals surface area contributed by atoms with Crippen LogP contribution in [0.4, 0.5) is 0 Å². The van der Waals surface area contributed by atoms with E-state index in [1.807, 2.05) is 12.2 Å². The Balaban J connectivity index is 2.04. The average molecular weight is 147 g/mol. The van der Waals surface area contributed by atoms with Crippen LogP contribution in [0.2, 0.25) is 0 Å². The molecule has 0 aromatic heterocycles. The van der Waals surface area contributed by atoms with Gasteiger partial charge in [0.25, 0.3) is 5.78 Å². The lowest BCUT2D eigenvalue weighted by atomic mass is 9.78. The van der Waals surface area contributed by atoms with Gasteiger partial charge in [-0.25, -0.2) is 0 Å². The van der Waals surface area contributed by atoms with Gasteiger partial charge in [0.05, 0.1) is 30.2 Å². The molecule has 0 amide bonds. The van der Waals surface area contributed by atoms with E-state index < -0.39 is 0 Å². The molecule has 0 heterocycles. The first-order chi connectivity index (χ1) is 5.36. The summed E-state index contributed by atoms with van der Waals surface area (Å²) in [7, 11) is 0. The molecule has 0 unspecified atom stereocenters. The summed E-state index contributed by atoms with van der Waals surface area (Å²) < 4.78 is 0. The third kappa shape index (κ3) is 1.23. The molecule has 0 atom stereocenters. The van der Waals surface area contributed by atoms with Crippen LogP contribution in [-0.4, -0.2) is 5.78 Å². The fourth-order valence-electron chi connectivity index (χ4n) is 1.48. The Bertz CT molecular complexity index is 231. The fourth-order valence-corrected chi connectivity index (χ4v) is 1.48. The van der Waals surface area contributed by atoms with E-state index in [-0.39, 0.29) is 5.78 Å². The van der Waals surface area contributed by atoms with Gasteiger partial charge in [0.15, 0.2) is 0 Å². The third-order valence-corrected chi connectivity index (χ3v) is 2.46. The first-order valence-corrected chi connectivity index (χ1v) is 4.13. The lowest BCUT2D eigenvalue weighted by molar-refractivity contribution is -0.111. The molecule has 0 bridgehead atoms. The summed E-state index contributed by atoms with van der Waals surface area (Å²) in [5.41, 5.74) is 1.34. The molecule has 0 aromatic carbocycles. The minimum absolute atomic E-state index is 0.119. The van der Waals surface area contributed by atoms with Crippen molar-refractivity contribution in [2.45, 2.75) is 19.3 Å². The summed E-state index contributed by atoms with van der Waals surface area (Å²) in [5, 5.41) is 0. The maximum Gasteiger partial charge on any atom is 0.284 e. The average Bonchev–Trinajstić information content (AvgIpc) is 1.90. The number of carbonyl (C=O) groups excluding carboxylic acids is 1. The van der Waals surface area contributed by atoms with E-state index in [4.69, 9.17) is 0 Å². The standard InChI is InChI=1S/C10H11O/c11-10-6-4-9(5-7-10)8-2-1-3-8/h4-8H,1-3H2/q+1. The molecule has 1 heteroatoms. The Morgan fingerprint density at radius 2 is 2.18 bits per heavy atom. The minimum Gasteiger partial charge on any atom is -0.258 e. The van der Waals surface area contributed by atoms with Crippen LogP contribution in [0.5, 0.6) is 0 Å². The second-order valence-electron chi connectivity index (χ2n) is 3.20. The van der Waals surface area contributed by atoms with Crippen molar-refractivity contribution in [1.29, 1.82) is 0 Å². The van der Waals surface area contributed by atoms with Gasteiger partial charge in [-0.1, -0.05) is 0 Å². The highest BCUT2D eigenvalue weighted by Crippen LogP contribution is 2.34. The van der Waals surface area contributed by atoms with Crippen molar-refractivity contribution >= 4 is 5.78 Å². The van der Waals surface area contributed by atoms with Crippen molar-refractivity contribution in [1.82, 2.24) is 0 Å². The molecule has 2 aliphatic rings. The smallest absolute Gasteiger partial charge is 0.258 e. The monoisotopic (exact) mass is 147 g/mol. The highest BCUT2D eigenvalue weighted by atomic mass is 16.1. The molecule has 1 saturated carbocycles. The van der Waals surface area contributed by atoms with Crippen LogP contribution in [-0.2, 0) is 4.79 Å². The van der Waals surface area contributed by atoms with Gasteiger partial charge in [-0.15, -0.1) is 0 Å². The summed E-state index contributed by atoms with van der Waals surface area (Å²) in [6, 6.07) is 0. The molecule has 1 nitrogen and oxygen atoms in total. The maximum atomic E-state index is 10.8. The van der Waals surface area contributed by atoms with Crippen LogP contribution >= 0.6 is 0 Å². The van der Waals surface area contributed by atoms with Crippen LogP contribution in [0.15, 0.2) is 23.8 Å². The van der Waals surface area contributed by atoms with E-state index in [9.17, 15) is 4.79 Å². The van der Waals surface area contributed by atoms with Gasteiger partial charge < -0.3 is 0 Å². The Labute approximate surface area is 66.8 Å². The normalized spacial score (nSPS) is 24.0. The molecule has 0 aromatic rings. The first kappa shape index (κ1) is 6.71. The molecule has 2 aliphatic carbocycles. The van der Waals surface area contributed by atoms with Crippen molar-refractivity contribution in [3.8, 4) is 0 Å². The molecule has 2 rings (SSSR count). The summed E-state index contributed by atoms with van der Waals surface area (Å²) in [4.78, 5) is 10.8. The van der Waals surface area contributed by atoms with Crippen LogP contribution in [0.3, 0.4) is 0 Å². The van der Waals surface area contributed by atoms with Gasteiger partial charge in [0.1, 0.15) is 0 Å². The number of ketones is 1. The van der Waals surface area contributed by atoms with Crippen LogP contribution in [0.25, 0.3) is 0 Å². The Hall–Kier alpha value is -0.980. The number of rotatable bonds is 1. The third-order valence-electron chi connectivity index (χ3n) is 2.46. The van der Waals surface area contributed by atoms with Gasteiger partial charge in [-0.3, -0.25) is 4.79 Å². The van der Waals surface area contributed by atoms with Crippen molar-refractivity contribution in [3.63, 3.8) is 0 Å². The highest BCUT2D eigenvalue weighted by molar-refractivity contribution is 6.00. The van der Waals surface area contributed by atoms with E-state index in [1.54, 1.807) is 12.5 Å². The van der Waals surface area contributed by atoms with E-state index in [2.05, 4.69) is 0 Å². The molecule has 0 N–H and O–H groups in total. The minimum atomic E-state index is 0.119. The molecule has 1 fully saturated rings. The SMILES string of the molecule is O=C1C=CC(C2CCC2)=C[CH+]1. The Morgan fingerprint density at radius 3 is 2.64 bits per heavy atom. The summed E-state index contributed by atoms with van der Waals surface area (Å²) in [6.07, 6.45) is 11.2. The van der Waals surface area contributed by atoms with E-state index >= 15 is 0 Å². The molecule has 0 saturated heterocycles. The van der Waals surface area contributed by atoms with Crippen LogP contribution < -0.4 is 0 Å².